The van der Waals surface area contributed by atoms with E-state index in [1.807, 2.05) is 19.1 Å². The molecule has 1 aliphatic carbocycles. The Hall–Kier alpha value is -4.10. The van der Waals surface area contributed by atoms with Crippen molar-refractivity contribution in [3.05, 3.63) is 95.1 Å². The highest BCUT2D eigenvalue weighted by Gasteiger charge is 2.74. The molecule has 3 atom stereocenters. The number of rotatable bonds is 3. The van der Waals surface area contributed by atoms with Gasteiger partial charge in [0.2, 0.25) is 29.0 Å². The number of hydrogen-bond donors (Lipinski definition) is 0. The summed E-state index contributed by atoms with van der Waals surface area (Å²) in [4.78, 5) is 56.4. The quantitative estimate of drug-likeness (QED) is 0.431. The molecular weight excluding hydrogens is 446 g/mol. The molecule has 174 valence electrons. The number of hydrogen-bond acceptors (Lipinski definition) is 6. The van der Waals surface area contributed by atoms with Crippen LogP contribution >= 0.6 is 0 Å². The molecule has 0 radical (unpaired) electrons. The van der Waals surface area contributed by atoms with Gasteiger partial charge in [0.15, 0.2) is 0 Å². The first-order valence-corrected chi connectivity index (χ1v) is 11.3. The highest BCUT2D eigenvalue weighted by atomic mass is 16.5. The molecule has 35 heavy (non-hydrogen) atoms. The van der Waals surface area contributed by atoms with Crippen molar-refractivity contribution in [3.63, 3.8) is 0 Å². The highest BCUT2D eigenvalue weighted by Crippen LogP contribution is 2.58. The molecule has 3 aromatic rings. The van der Waals surface area contributed by atoms with E-state index in [0.29, 0.717) is 17.0 Å². The second-order valence-corrected chi connectivity index (χ2v) is 9.05. The molecule has 7 nitrogen and oxygen atoms in total. The highest BCUT2D eigenvalue weighted by molar-refractivity contribution is 6.37. The first-order chi connectivity index (χ1) is 16.9. The smallest absolute Gasteiger partial charge is 0.241 e. The Kier molecular flexibility index (Phi) is 4.56. The molecule has 2 fully saturated rings. The number of carbonyl (C=O) groups is 4. The van der Waals surface area contributed by atoms with Gasteiger partial charge < -0.3 is 9.47 Å². The molecule has 2 aliphatic heterocycles. The van der Waals surface area contributed by atoms with Gasteiger partial charge in [0.05, 0.1) is 30.7 Å². The van der Waals surface area contributed by atoms with Crippen molar-refractivity contribution in [2.75, 3.05) is 12.0 Å². The van der Waals surface area contributed by atoms with Gasteiger partial charge in [0.1, 0.15) is 5.75 Å². The fourth-order valence-electron chi connectivity index (χ4n) is 5.69. The zero-order valence-corrected chi connectivity index (χ0v) is 19.1. The van der Waals surface area contributed by atoms with Crippen LogP contribution in [0.3, 0.4) is 0 Å². The number of ketones is 2. The largest absolute Gasteiger partial charge is 0.497 e. The fraction of sp³-hybridized carbons (Fsp3) is 0.214. The summed E-state index contributed by atoms with van der Waals surface area (Å²) in [5.41, 5.74) is 0.217. The lowest BCUT2D eigenvalue weighted by atomic mass is 9.77. The van der Waals surface area contributed by atoms with E-state index in [-0.39, 0.29) is 11.1 Å². The molecule has 0 saturated carbocycles. The van der Waals surface area contributed by atoms with Gasteiger partial charge in [-0.05, 0) is 42.3 Å². The summed E-state index contributed by atoms with van der Waals surface area (Å²) in [6.45, 7) is 1.87. The van der Waals surface area contributed by atoms with E-state index >= 15 is 0 Å². The lowest BCUT2D eigenvalue weighted by molar-refractivity contribution is -0.127. The SMILES string of the molecule is COc1ccc(N2C(=O)[C@@H]3[C@@H](C2=O)C2(O[C@H]3c3ccccc3C)C(=O)c3ccccc3C2=O)cc1. The summed E-state index contributed by atoms with van der Waals surface area (Å²) in [5, 5.41) is 0. The average molecular weight is 467 g/mol. The average Bonchev–Trinajstić information content (AvgIpc) is 3.44. The minimum atomic E-state index is -2.07. The number of methoxy groups -OCH3 is 1. The molecule has 1 spiro atoms. The standard InChI is InChI=1S/C28H21NO6/c1-15-7-3-4-8-18(15)23-21-22(27(33)29(26(21)32)16-11-13-17(34-2)14-12-16)28(35-23)24(30)19-9-5-6-10-20(19)25(28)31/h3-14,21-23H,1-2H3/t21-,22+,23+/m1/s1. The Morgan fingerprint density at radius 2 is 1.40 bits per heavy atom. The van der Waals surface area contributed by atoms with E-state index in [4.69, 9.17) is 9.47 Å². The number of aryl methyl sites for hydroxylation is 1. The van der Waals surface area contributed by atoms with Crippen LogP contribution in [0.5, 0.6) is 5.75 Å². The van der Waals surface area contributed by atoms with E-state index in [2.05, 4.69) is 0 Å². The van der Waals surface area contributed by atoms with Crippen molar-refractivity contribution < 1.29 is 28.7 Å². The molecule has 2 amide bonds. The van der Waals surface area contributed by atoms with E-state index in [1.165, 1.54) is 7.11 Å². The zero-order valence-electron chi connectivity index (χ0n) is 19.1. The number of amides is 2. The first-order valence-electron chi connectivity index (χ1n) is 11.3. The Bertz CT molecular complexity index is 1390. The molecule has 2 saturated heterocycles. The van der Waals surface area contributed by atoms with Crippen molar-refractivity contribution in [2.24, 2.45) is 11.8 Å². The van der Waals surface area contributed by atoms with E-state index in [1.54, 1.807) is 60.7 Å². The van der Waals surface area contributed by atoms with Gasteiger partial charge in [-0.2, -0.15) is 0 Å². The number of imide groups is 1. The molecular formula is C28H21NO6. The third-order valence-corrected chi connectivity index (χ3v) is 7.34. The molecule has 0 N–H and O–H groups in total. The summed E-state index contributed by atoms with van der Waals surface area (Å²) in [7, 11) is 1.52. The van der Waals surface area contributed by atoms with Crippen LogP contribution in [0.15, 0.2) is 72.8 Å². The lowest BCUT2D eigenvalue weighted by Gasteiger charge is -2.27. The van der Waals surface area contributed by atoms with Crippen LogP contribution in [0.25, 0.3) is 0 Å². The Morgan fingerprint density at radius 1 is 0.800 bits per heavy atom. The number of carbonyl (C=O) groups excluding carboxylic acids is 4. The number of anilines is 1. The third-order valence-electron chi connectivity index (χ3n) is 7.34. The monoisotopic (exact) mass is 467 g/mol. The maximum Gasteiger partial charge on any atom is 0.241 e. The predicted molar refractivity (Wildman–Crippen MR) is 125 cm³/mol. The molecule has 0 aromatic heterocycles. The van der Waals surface area contributed by atoms with Gasteiger partial charge in [-0.3, -0.25) is 19.2 Å². The van der Waals surface area contributed by atoms with Crippen molar-refractivity contribution >= 4 is 29.1 Å². The van der Waals surface area contributed by atoms with Crippen LogP contribution in [0, 0.1) is 18.8 Å². The van der Waals surface area contributed by atoms with Gasteiger partial charge in [-0.1, -0.05) is 48.5 Å². The minimum Gasteiger partial charge on any atom is -0.497 e. The summed E-state index contributed by atoms with van der Waals surface area (Å²) in [5.74, 6) is -3.96. The number of Topliss-reactive ketones (excluding diaryl/α,β-unsaturated/α-hetero) is 2. The van der Waals surface area contributed by atoms with Crippen LogP contribution in [0.2, 0.25) is 0 Å². The summed E-state index contributed by atoms with van der Waals surface area (Å²) in [6, 6.07) is 20.3. The molecule has 0 bridgehead atoms. The van der Waals surface area contributed by atoms with Crippen LogP contribution in [0.4, 0.5) is 5.69 Å². The Labute approximate surface area is 201 Å². The van der Waals surface area contributed by atoms with Gasteiger partial charge in [-0.25, -0.2) is 4.90 Å². The van der Waals surface area contributed by atoms with Crippen molar-refractivity contribution in [3.8, 4) is 5.75 Å². The number of ether oxygens (including phenoxy) is 2. The lowest BCUT2D eigenvalue weighted by Crippen LogP contribution is -2.51. The van der Waals surface area contributed by atoms with Gasteiger partial charge >= 0.3 is 0 Å². The predicted octanol–water partition coefficient (Wildman–Crippen LogP) is 3.70. The van der Waals surface area contributed by atoms with Gasteiger partial charge in [-0.15, -0.1) is 0 Å². The first kappa shape index (κ1) is 21.4. The minimum absolute atomic E-state index is 0.213. The Morgan fingerprint density at radius 3 is 2.00 bits per heavy atom. The molecule has 3 aliphatic rings. The van der Waals surface area contributed by atoms with Crippen LogP contribution in [-0.4, -0.2) is 36.1 Å². The third kappa shape index (κ3) is 2.70. The van der Waals surface area contributed by atoms with Crippen molar-refractivity contribution in [1.29, 1.82) is 0 Å². The van der Waals surface area contributed by atoms with Crippen LogP contribution in [0.1, 0.15) is 37.9 Å². The second kappa shape index (κ2) is 7.45. The van der Waals surface area contributed by atoms with E-state index < -0.39 is 46.9 Å². The molecule has 2 heterocycles. The van der Waals surface area contributed by atoms with Crippen LogP contribution < -0.4 is 9.64 Å². The van der Waals surface area contributed by atoms with Crippen LogP contribution in [-0.2, 0) is 14.3 Å². The summed E-state index contributed by atoms with van der Waals surface area (Å²) >= 11 is 0. The van der Waals surface area contributed by atoms with Crippen molar-refractivity contribution in [1.82, 2.24) is 0 Å². The van der Waals surface area contributed by atoms with E-state index in [9.17, 15) is 19.2 Å². The van der Waals surface area contributed by atoms with Crippen molar-refractivity contribution in [2.45, 2.75) is 18.6 Å². The number of fused-ring (bicyclic) bond motifs is 3. The summed E-state index contributed by atoms with van der Waals surface area (Å²) in [6.07, 6.45) is -0.928. The van der Waals surface area contributed by atoms with Gasteiger partial charge in [0.25, 0.3) is 0 Å². The van der Waals surface area contributed by atoms with Gasteiger partial charge in [0, 0.05) is 11.1 Å². The number of benzene rings is 3. The maximum absolute atomic E-state index is 13.9. The molecule has 3 aromatic carbocycles. The normalized spacial score (nSPS) is 24.3. The second-order valence-electron chi connectivity index (χ2n) is 9.05. The number of nitrogens with zero attached hydrogens (tertiary/aromatic N) is 1. The maximum atomic E-state index is 13.9. The summed E-state index contributed by atoms with van der Waals surface area (Å²) < 4.78 is 11.5. The fourth-order valence-corrected chi connectivity index (χ4v) is 5.69. The molecule has 0 unspecified atom stereocenters. The molecule has 7 heteroatoms. The topological polar surface area (TPSA) is 90.0 Å². The van der Waals surface area contributed by atoms with E-state index in [0.717, 1.165) is 10.5 Å². The zero-order chi connectivity index (χ0) is 24.5. The Balaban J connectivity index is 1.54. The molecule has 6 rings (SSSR count).